The lowest BCUT2D eigenvalue weighted by atomic mass is 9.71. The number of nitrogens with one attached hydrogen (secondary N) is 1. The van der Waals surface area contributed by atoms with Crippen molar-refractivity contribution in [2.45, 2.75) is 18.8 Å². The number of para-hydroxylation sites is 1. The van der Waals surface area contributed by atoms with Gasteiger partial charge in [-0.1, -0.05) is 18.2 Å². The van der Waals surface area contributed by atoms with Gasteiger partial charge in [-0.25, -0.2) is 0 Å². The average Bonchev–Trinajstić information content (AvgIpc) is 3.06. The quantitative estimate of drug-likeness (QED) is 0.784. The van der Waals surface area contributed by atoms with Crippen molar-refractivity contribution in [3.63, 3.8) is 0 Å². The van der Waals surface area contributed by atoms with Crippen LogP contribution in [-0.4, -0.2) is 31.6 Å². The summed E-state index contributed by atoms with van der Waals surface area (Å²) >= 11 is 0. The third-order valence-corrected chi connectivity index (χ3v) is 6.48. The number of nitriles is 1. The molecule has 0 aliphatic carbocycles. The zero-order chi connectivity index (χ0) is 21.9. The number of benzene rings is 2. The van der Waals surface area contributed by atoms with Gasteiger partial charge >= 0.3 is 0 Å². The standard InChI is InChI=1S/C24H22N4O3/c1-13-5-4-6-16-21(13)27-23(29)24(16)11-18-15-10-20(31-3)19(30-2)9-14(15)7-8-28(18)22(26)17(24)12-25/h4-6,9-11H,7-8,26H2,1-3H3,(H,27,29)/t24-/m0/s1. The fraction of sp³-hybridized carbons (Fsp3) is 0.250. The van der Waals surface area contributed by atoms with Gasteiger partial charge in [0.1, 0.15) is 17.3 Å². The van der Waals surface area contributed by atoms with Gasteiger partial charge in [-0.05, 0) is 42.7 Å². The summed E-state index contributed by atoms with van der Waals surface area (Å²) in [6.07, 6.45) is 2.60. The highest BCUT2D eigenvalue weighted by molar-refractivity contribution is 6.13. The van der Waals surface area contributed by atoms with Crippen molar-refractivity contribution in [3.8, 4) is 17.6 Å². The Balaban J connectivity index is 1.82. The van der Waals surface area contributed by atoms with E-state index in [4.69, 9.17) is 15.2 Å². The number of hydrogen-bond donors (Lipinski definition) is 2. The van der Waals surface area contributed by atoms with E-state index in [-0.39, 0.29) is 11.5 Å². The van der Waals surface area contributed by atoms with Crippen LogP contribution in [-0.2, 0) is 16.6 Å². The summed E-state index contributed by atoms with van der Waals surface area (Å²) in [5.74, 6) is 1.29. The monoisotopic (exact) mass is 414 g/mol. The predicted octanol–water partition coefficient (Wildman–Crippen LogP) is 2.81. The number of anilines is 1. The fourth-order valence-corrected chi connectivity index (χ4v) is 4.92. The molecular formula is C24H22N4O3. The molecule has 5 rings (SSSR count). The van der Waals surface area contributed by atoms with E-state index in [9.17, 15) is 10.1 Å². The first-order valence-corrected chi connectivity index (χ1v) is 10.0. The number of hydrogen-bond acceptors (Lipinski definition) is 6. The average molecular weight is 414 g/mol. The van der Waals surface area contributed by atoms with Crippen molar-refractivity contribution >= 4 is 17.3 Å². The summed E-state index contributed by atoms with van der Waals surface area (Å²) in [5, 5.41) is 13.1. The fourth-order valence-electron chi connectivity index (χ4n) is 4.92. The predicted molar refractivity (Wildman–Crippen MR) is 116 cm³/mol. The summed E-state index contributed by atoms with van der Waals surface area (Å²) in [4.78, 5) is 15.3. The Morgan fingerprint density at radius 3 is 2.68 bits per heavy atom. The molecule has 7 nitrogen and oxygen atoms in total. The molecule has 0 saturated carbocycles. The van der Waals surface area contributed by atoms with E-state index in [1.165, 1.54) is 0 Å². The lowest BCUT2D eigenvalue weighted by molar-refractivity contribution is -0.118. The van der Waals surface area contributed by atoms with Gasteiger partial charge in [0.25, 0.3) is 0 Å². The van der Waals surface area contributed by atoms with Crippen LogP contribution in [0.2, 0.25) is 0 Å². The Bertz CT molecular complexity index is 1250. The van der Waals surface area contributed by atoms with Crippen molar-refractivity contribution in [1.29, 1.82) is 5.26 Å². The number of ether oxygens (including phenoxy) is 2. The van der Waals surface area contributed by atoms with Crippen LogP contribution in [0.1, 0.15) is 22.3 Å². The molecule has 0 bridgehead atoms. The van der Waals surface area contributed by atoms with Gasteiger partial charge in [0.05, 0.1) is 19.8 Å². The Hall–Kier alpha value is -3.92. The number of nitrogens with two attached hydrogens (primary N) is 1. The van der Waals surface area contributed by atoms with E-state index < -0.39 is 5.41 Å². The minimum absolute atomic E-state index is 0.252. The largest absolute Gasteiger partial charge is 0.493 e. The van der Waals surface area contributed by atoms with Gasteiger partial charge in [0, 0.05) is 29.1 Å². The van der Waals surface area contributed by atoms with Crippen LogP contribution < -0.4 is 20.5 Å². The Kier molecular flexibility index (Phi) is 4.02. The first-order valence-electron chi connectivity index (χ1n) is 10.0. The Morgan fingerprint density at radius 1 is 1.23 bits per heavy atom. The number of methoxy groups -OCH3 is 2. The van der Waals surface area contributed by atoms with Crippen molar-refractivity contribution in [2.75, 3.05) is 26.1 Å². The number of carbonyl (C=O) groups is 1. The SMILES string of the molecule is COc1cc2c(cc1OC)C1=C[C@@]3(C(=O)Nc4c(C)cccc43)C(C#N)=C(N)N1CC2. The van der Waals surface area contributed by atoms with E-state index in [0.717, 1.165) is 40.1 Å². The van der Waals surface area contributed by atoms with Gasteiger partial charge in [-0.2, -0.15) is 5.26 Å². The van der Waals surface area contributed by atoms with Gasteiger partial charge in [0.15, 0.2) is 11.5 Å². The van der Waals surface area contributed by atoms with Gasteiger partial charge in [-0.15, -0.1) is 0 Å². The topological polar surface area (TPSA) is 101 Å². The van der Waals surface area contributed by atoms with Crippen LogP contribution in [0.5, 0.6) is 11.5 Å². The van der Waals surface area contributed by atoms with E-state index in [0.29, 0.717) is 23.9 Å². The second-order valence-electron chi connectivity index (χ2n) is 7.93. The maximum Gasteiger partial charge on any atom is 0.244 e. The van der Waals surface area contributed by atoms with E-state index in [1.807, 2.05) is 48.2 Å². The molecule has 3 aliphatic heterocycles. The number of rotatable bonds is 2. The van der Waals surface area contributed by atoms with Crippen molar-refractivity contribution in [2.24, 2.45) is 5.73 Å². The Labute approximate surface area is 180 Å². The molecule has 3 aliphatic rings. The van der Waals surface area contributed by atoms with Crippen LogP contribution in [0, 0.1) is 18.3 Å². The zero-order valence-corrected chi connectivity index (χ0v) is 17.6. The molecule has 2 aromatic rings. The maximum atomic E-state index is 13.4. The summed E-state index contributed by atoms with van der Waals surface area (Å²) in [6, 6.07) is 11.8. The van der Waals surface area contributed by atoms with Gasteiger partial charge in [-0.3, -0.25) is 4.79 Å². The molecule has 31 heavy (non-hydrogen) atoms. The first kappa shape index (κ1) is 19.1. The molecule has 0 unspecified atom stereocenters. The molecule has 156 valence electrons. The number of aryl methyl sites for hydroxylation is 1. The van der Waals surface area contributed by atoms with E-state index >= 15 is 0 Å². The summed E-state index contributed by atoms with van der Waals surface area (Å²) in [5.41, 5.74) is 10.7. The van der Waals surface area contributed by atoms with Crippen LogP contribution in [0.25, 0.3) is 5.70 Å². The molecule has 3 heterocycles. The minimum atomic E-state index is -1.27. The highest BCUT2D eigenvalue weighted by atomic mass is 16.5. The summed E-state index contributed by atoms with van der Waals surface area (Å²) < 4.78 is 11.0. The molecule has 0 radical (unpaired) electrons. The number of nitrogens with zero attached hydrogens (tertiary/aromatic N) is 2. The molecule has 1 atom stereocenters. The molecular weight excluding hydrogens is 392 g/mol. The highest BCUT2D eigenvalue weighted by Gasteiger charge is 2.53. The Morgan fingerprint density at radius 2 is 1.97 bits per heavy atom. The van der Waals surface area contributed by atoms with Crippen LogP contribution in [0.4, 0.5) is 5.69 Å². The van der Waals surface area contributed by atoms with Crippen molar-refractivity contribution in [1.82, 2.24) is 4.90 Å². The van der Waals surface area contributed by atoms with Gasteiger partial charge < -0.3 is 25.4 Å². The van der Waals surface area contributed by atoms with Crippen molar-refractivity contribution < 1.29 is 14.3 Å². The lowest BCUT2D eigenvalue weighted by Crippen LogP contribution is -2.45. The second-order valence-corrected chi connectivity index (χ2v) is 7.93. The lowest BCUT2D eigenvalue weighted by Gasteiger charge is -2.41. The third kappa shape index (κ3) is 2.36. The number of fused-ring (bicyclic) bond motifs is 5. The molecule has 1 spiro atoms. The summed E-state index contributed by atoms with van der Waals surface area (Å²) in [6.45, 7) is 2.54. The van der Waals surface area contributed by atoms with Gasteiger partial charge in [0.2, 0.25) is 5.91 Å². The normalized spacial score (nSPS) is 21.0. The number of carbonyl (C=O) groups excluding carboxylic acids is 1. The van der Waals surface area contributed by atoms with Crippen LogP contribution in [0.15, 0.2) is 47.8 Å². The van der Waals surface area contributed by atoms with Crippen LogP contribution >= 0.6 is 0 Å². The first-order chi connectivity index (χ1) is 15.0. The molecule has 3 N–H and O–H groups in total. The van der Waals surface area contributed by atoms with Crippen molar-refractivity contribution in [3.05, 3.63) is 70.1 Å². The maximum absolute atomic E-state index is 13.4. The molecule has 7 heteroatoms. The molecule has 0 fully saturated rings. The molecule has 0 saturated heterocycles. The van der Waals surface area contributed by atoms with Crippen LogP contribution in [0.3, 0.4) is 0 Å². The third-order valence-electron chi connectivity index (χ3n) is 6.48. The molecule has 0 aromatic heterocycles. The van der Waals surface area contributed by atoms with E-state index in [2.05, 4.69) is 11.4 Å². The second kappa shape index (κ2) is 6.54. The molecule has 1 amide bonds. The minimum Gasteiger partial charge on any atom is -0.493 e. The summed E-state index contributed by atoms with van der Waals surface area (Å²) in [7, 11) is 3.20. The number of amides is 1. The van der Waals surface area contributed by atoms with E-state index in [1.54, 1.807) is 14.2 Å². The zero-order valence-electron chi connectivity index (χ0n) is 17.6. The smallest absolute Gasteiger partial charge is 0.244 e. The highest BCUT2D eigenvalue weighted by Crippen LogP contribution is 2.51. The molecule has 2 aromatic carbocycles.